The molecule has 0 aliphatic carbocycles. The summed E-state index contributed by atoms with van der Waals surface area (Å²) in [7, 11) is 0. The number of hydrogen-bond acceptors (Lipinski definition) is 6. The number of ether oxygens (including phenoxy) is 1. The molecule has 8 heteroatoms. The van der Waals surface area contributed by atoms with Gasteiger partial charge in [-0.1, -0.05) is 17.4 Å². The third kappa shape index (κ3) is 4.34. The van der Waals surface area contributed by atoms with E-state index in [-0.39, 0.29) is 5.91 Å². The van der Waals surface area contributed by atoms with Crippen molar-refractivity contribution in [2.45, 2.75) is 27.3 Å². The molecule has 1 amide bonds. The first-order chi connectivity index (χ1) is 15.5. The second kappa shape index (κ2) is 9.20. The van der Waals surface area contributed by atoms with Gasteiger partial charge in [0.2, 0.25) is 0 Å². The van der Waals surface area contributed by atoms with Gasteiger partial charge in [0.15, 0.2) is 5.13 Å². The molecule has 0 fully saturated rings. The van der Waals surface area contributed by atoms with Crippen LogP contribution in [0, 0.1) is 25.2 Å². The number of para-hydroxylation sites is 1. The third-order valence-corrected chi connectivity index (χ3v) is 6.09. The molecule has 4 aromatic rings. The van der Waals surface area contributed by atoms with Crippen LogP contribution in [-0.2, 0) is 6.54 Å². The lowest BCUT2D eigenvalue weighted by atomic mass is 10.1. The van der Waals surface area contributed by atoms with E-state index in [1.165, 1.54) is 11.3 Å². The van der Waals surface area contributed by atoms with E-state index in [1.54, 1.807) is 29.2 Å². The standard InChI is InChI=1S/C24H23N5O2S/c1-4-31-20-6-5-7-21-22(20)26-24(32-21)28(12-13-29-17(3)14-16(2)27-29)23(30)19-10-8-18(15-25)9-11-19/h5-11,14H,4,12-13H2,1-3H3. The molecular formula is C24H23N5O2S. The van der Waals surface area contributed by atoms with E-state index in [0.29, 0.717) is 41.7 Å². The van der Waals surface area contributed by atoms with Crippen molar-refractivity contribution in [1.82, 2.24) is 14.8 Å². The zero-order chi connectivity index (χ0) is 22.7. The van der Waals surface area contributed by atoms with Gasteiger partial charge in [-0.05, 0) is 63.2 Å². The van der Waals surface area contributed by atoms with Crippen LogP contribution in [0.3, 0.4) is 0 Å². The molecule has 162 valence electrons. The molecule has 7 nitrogen and oxygen atoms in total. The lowest BCUT2D eigenvalue weighted by Crippen LogP contribution is -2.34. The van der Waals surface area contributed by atoms with Gasteiger partial charge in [-0.2, -0.15) is 10.4 Å². The molecule has 2 aromatic heterocycles. The molecule has 0 unspecified atom stereocenters. The van der Waals surface area contributed by atoms with E-state index in [4.69, 9.17) is 15.0 Å². The number of benzene rings is 2. The van der Waals surface area contributed by atoms with Crippen molar-refractivity contribution in [3.63, 3.8) is 0 Å². The number of anilines is 1. The molecule has 4 rings (SSSR count). The molecule has 0 radical (unpaired) electrons. The number of fused-ring (bicyclic) bond motifs is 1. The number of carbonyl (C=O) groups is 1. The molecule has 0 aliphatic rings. The minimum absolute atomic E-state index is 0.173. The highest BCUT2D eigenvalue weighted by molar-refractivity contribution is 7.22. The second-order valence-electron chi connectivity index (χ2n) is 7.33. The Morgan fingerprint density at radius 1 is 1.22 bits per heavy atom. The van der Waals surface area contributed by atoms with Crippen molar-refractivity contribution < 1.29 is 9.53 Å². The first-order valence-electron chi connectivity index (χ1n) is 10.4. The van der Waals surface area contributed by atoms with Crippen molar-refractivity contribution in [1.29, 1.82) is 5.26 Å². The summed E-state index contributed by atoms with van der Waals surface area (Å²) in [4.78, 5) is 19.9. The average molecular weight is 446 g/mol. The highest BCUT2D eigenvalue weighted by Gasteiger charge is 2.23. The normalized spacial score (nSPS) is 10.8. The summed E-state index contributed by atoms with van der Waals surface area (Å²) in [5.41, 5.74) is 3.74. The minimum Gasteiger partial charge on any atom is -0.492 e. The third-order valence-electron chi connectivity index (χ3n) is 5.05. The van der Waals surface area contributed by atoms with E-state index in [2.05, 4.69) is 11.2 Å². The summed E-state index contributed by atoms with van der Waals surface area (Å²) in [5, 5.41) is 14.2. The van der Waals surface area contributed by atoms with Crippen LogP contribution in [0.5, 0.6) is 5.75 Å². The van der Waals surface area contributed by atoms with Gasteiger partial charge in [-0.15, -0.1) is 0 Å². The monoisotopic (exact) mass is 445 g/mol. The lowest BCUT2D eigenvalue weighted by Gasteiger charge is -2.20. The predicted octanol–water partition coefficient (Wildman–Crippen LogP) is 4.73. The molecule has 32 heavy (non-hydrogen) atoms. The maximum Gasteiger partial charge on any atom is 0.260 e. The van der Waals surface area contributed by atoms with Gasteiger partial charge in [0.25, 0.3) is 5.91 Å². The van der Waals surface area contributed by atoms with Crippen LogP contribution in [0.2, 0.25) is 0 Å². The topological polar surface area (TPSA) is 84.0 Å². The minimum atomic E-state index is -0.173. The van der Waals surface area contributed by atoms with Crippen molar-refractivity contribution in [3.05, 3.63) is 71.0 Å². The van der Waals surface area contributed by atoms with Gasteiger partial charge in [-0.3, -0.25) is 14.4 Å². The van der Waals surface area contributed by atoms with Crippen LogP contribution in [0.25, 0.3) is 10.2 Å². The highest BCUT2D eigenvalue weighted by atomic mass is 32.1. The zero-order valence-corrected chi connectivity index (χ0v) is 19.0. The van der Waals surface area contributed by atoms with Gasteiger partial charge in [0.1, 0.15) is 11.3 Å². The van der Waals surface area contributed by atoms with Crippen LogP contribution < -0.4 is 9.64 Å². The van der Waals surface area contributed by atoms with E-state index < -0.39 is 0 Å². The van der Waals surface area contributed by atoms with Crippen LogP contribution >= 0.6 is 11.3 Å². The molecule has 0 bridgehead atoms. The van der Waals surface area contributed by atoms with E-state index in [1.807, 2.05) is 49.7 Å². The number of nitrogens with zero attached hydrogens (tertiary/aromatic N) is 5. The maximum atomic E-state index is 13.5. The van der Waals surface area contributed by atoms with Gasteiger partial charge in [0.05, 0.1) is 35.2 Å². The SMILES string of the molecule is CCOc1cccc2sc(N(CCn3nc(C)cc3C)C(=O)c3ccc(C#N)cc3)nc12. The van der Waals surface area contributed by atoms with Crippen LogP contribution in [0.4, 0.5) is 5.13 Å². The van der Waals surface area contributed by atoms with Crippen molar-refractivity contribution in [2.75, 3.05) is 18.1 Å². The fraction of sp³-hybridized carbons (Fsp3) is 0.250. The summed E-state index contributed by atoms with van der Waals surface area (Å²) >= 11 is 1.45. The summed E-state index contributed by atoms with van der Waals surface area (Å²) in [6.45, 7) is 7.37. The van der Waals surface area contributed by atoms with Crippen molar-refractivity contribution in [3.8, 4) is 11.8 Å². The fourth-order valence-electron chi connectivity index (χ4n) is 3.52. The Balaban J connectivity index is 1.71. The molecule has 0 aliphatic heterocycles. The molecular weight excluding hydrogens is 422 g/mol. The number of amides is 1. The number of carbonyl (C=O) groups excluding carboxylic acids is 1. The summed E-state index contributed by atoms with van der Waals surface area (Å²) < 4.78 is 8.58. The first kappa shape index (κ1) is 21.5. The molecule has 0 saturated carbocycles. The Bertz CT molecular complexity index is 1300. The quantitative estimate of drug-likeness (QED) is 0.411. The number of rotatable bonds is 7. The van der Waals surface area contributed by atoms with Gasteiger partial charge in [-0.25, -0.2) is 4.98 Å². The molecule has 0 spiro atoms. The molecule has 2 aromatic carbocycles. The molecule has 0 atom stereocenters. The van der Waals surface area contributed by atoms with Crippen LogP contribution in [-0.4, -0.2) is 33.8 Å². The van der Waals surface area contributed by atoms with E-state index in [0.717, 1.165) is 21.6 Å². The number of hydrogen-bond donors (Lipinski definition) is 0. The fourth-order valence-corrected chi connectivity index (χ4v) is 4.53. The molecule has 2 heterocycles. The number of thiazole rings is 1. The Morgan fingerprint density at radius 2 is 2.00 bits per heavy atom. The number of aryl methyl sites for hydroxylation is 2. The number of aromatic nitrogens is 3. The summed E-state index contributed by atoms with van der Waals surface area (Å²) in [6.07, 6.45) is 0. The Morgan fingerprint density at radius 3 is 2.66 bits per heavy atom. The Hall–Kier alpha value is -3.70. The first-order valence-corrected chi connectivity index (χ1v) is 11.2. The van der Waals surface area contributed by atoms with Crippen molar-refractivity contribution >= 4 is 32.6 Å². The number of nitriles is 1. The zero-order valence-electron chi connectivity index (χ0n) is 18.2. The van der Waals surface area contributed by atoms with Gasteiger partial charge >= 0.3 is 0 Å². The van der Waals surface area contributed by atoms with Gasteiger partial charge in [0, 0.05) is 17.8 Å². The Labute approximate surface area is 190 Å². The molecule has 0 N–H and O–H groups in total. The van der Waals surface area contributed by atoms with Crippen molar-refractivity contribution in [2.24, 2.45) is 0 Å². The van der Waals surface area contributed by atoms with Crippen LogP contribution in [0.15, 0.2) is 48.5 Å². The second-order valence-corrected chi connectivity index (χ2v) is 8.34. The largest absolute Gasteiger partial charge is 0.492 e. The van der Waals surface area contributed by atoms with E-state index in [9.17, 15) is 4.79 Å². The maximum absolute atomic E-state index is 13.5. The average Bonchev–Trinajstić information content (AvgIpc) is 3.37. The predicted molar refractivity (Wildman–Crippen MR) is 125 cm³/mol. The smallest absolute Gasteiger partial charge is 0.260 e. The summed E-state index contributed by atoms with van der Waals surface area (Å²) in [5.74, 6) is 0.532. The van der Waals surface area contributed by atoms with Gasteiger partial charge < -0.3 is 4.74 Å². The summed E-state index contributed by atoms with van der Waals surface area (Å²) in [6, 6.07) is 16.5. The highest BCUT2D eigenvalue weighted by Crippen LogP contribution is 2.34. The van der Waals surface area contributed by atoms with Crippen LogP contribution in [0.1, 0.15) is 34.2 Å². The lowest BCUT2D eigenvalue weighted by molar-refractivity contribution is 0.0985. The Kier molecular flexibility index (Phi) is 6.19. The molecule has 0 saturated heterocycles. The van der Waals surface area contributed by atoms with E-state index >= 15 is 0 Å².